The lowest BCUT2D eigenvalue weighted by Gasteiger charge is -2.20. The third kappa shape index (κ3) is 4.30. The Bertz CT molecular complexity index is 1010. The Balaban J connectivity index is 1.50. The topological polar surface area (TPSA) is 56.6 Å². The van der Waals surface area contributed by atoms with Gasteiger partial charge in [-0.2, -0.15) is 0 Å². The van der Waals surface area contributed by atoms with E-state index in [2.05, 4.69) is 27.8 Å². The molecule has 1 aliphatic rings. The minimum Gasteiger partial charge on any atom is -0.380 e. The van der Waals surface area contributed by atoms with Gasteiger partial charge in [-0.25, -0.2) is 4.98 Å². The molecule has 6 heteroatoms. The first-order chi connectivity index (χ1) is 14.7. The van der Waals surface area contributed by atoms with Gasteiger partial charge in [-0.05, 0) is 29.3 Å². The van der Waals surface area contributed by atoms with E-state index in [9.17, 15) is 4.79 Å². The van der Waals surface area contributed by atoms with Crippen LogP contribution in [0.3, 0.4) is 0 Å². The molecule has 6 nitrogen and oxygen atoms in total. The molecule has 0 spiro atoms. The summed E-state index contributed by atoms with van der Waals surface area (Å²) in [5.74, 6) is 1.08. The number of amides is 1. The molecular formula is C24H27N3O3. The van der Waals surface area contributed by atoms with Gasteiger partial charge >= 0.3 is 0 Å². The Labute approximate surface area is 177 Å². The van der Waals surface area contributed by atoms with Crippen molar-refractivity contribution in [2.75, 3.05) is 27.3 Å². The van der Waals surface area contributed by atoms with Crippen molar-refractivity contribution in [1.82, 2.24) is 14.5 Å². The van der Waals surface area contributed by atoms with Crippen LogP contribution in [0.1, 0.15) is 27.3 Å². The van der Waals surface area contributed by atoms with Crippen molar-refractivity contribution >= 4 is 5.91 Å². The number of ether oxygens (including phenoxy) is 2. The van der Waals surface area contributed by atoms with E-state index in [1.54, 1.807) is 14.2 Å². The lowest BCUT2D eigenvalue weighted by atomic mass is 10.1. The fourth-order valence-corrected chi connectivity index (χ4v) is 3.94. The summed E-state index contributed by atoms with van der Waals surface area (Å²) >= 11 is 0. The fraction of sp³-hybridized carbons (Fsp3) is 0.333. The lowest BCUT2D eigenvalue weighted by molar-refractivity contribution is 0.0759. The molecule has 0 aliphatic carbocycles. The molecule has 1 amide bonds. The summed E-state index contributed by atoms with van der Waals surface area (Å²) in [5.41, 5.74) is 5.11. The number of nitrogens with zero attached hydrogens (tertiary/aromatic N) is 3. The van der Waals surface area contributed by atoms with Crippen LogP contribution in [0.2, 0.25) is 0 Å². The smallest absolute Gasteiger partial charge is 0.253 e. The molecule has 0 atom stereocenters. The highest BCUT2D eigenvalue weighted by Gasteiger charge is 2.22. The zero-order valence-corrected chi connectivity index (χ0v) is 17.5. The second kappa shape index (κ2) is 9.24. The monoisotopic (exact) mass is 405 g/mol. The van der Waals surface area contributed by atoms with Crippen molar-refractivity contribution in [1.29, 1.82) is 0 Å². The quantitative estimate of drug-likeness (QED) is 0.629. The summed E-state index contributed by atoms with van der Waals surface area (Å²) in [6, 6.07) is 16.0. The minimum absolute atomic E-state index is 0.0633. The SMILES string of the molecule is COCc1ccc(C(=O)N2CCc3ncc(-c4cccc(COC)c4)n3CC2)cc1. The van der Waals surface area contributed by atoms with Gasteiger partial charge in [-0.3, -0.25) is 4.79 Å². The standard InChI is InChI=1S/C24H27N3O3/c1-29-16-18-6-8-20(9-7-18)24(28)26-11-10-23-25-15-22(27(23)13-12-26)21-5-3-4-19(14-21)17-30-2/h3-9,14-15H,10-13,16-17H2,1-2H3. The van der Waals surface area contributed by atoms with Crippen LogP contribution in [0.25, 0.3) is 11.3 Å². The van der Waals surface area contributed by atoms with E-state index < -0.39 is 0 Å². The fourth-order valence-electron chi connectivity index (χ4n) is 3.94. The highest BCUT2D eigenvalue weighted by atomic mass is 16.5. The van der Waals surface area contributed by atoms with Crippen molar-refractivity contribution in [2.45, 2.75) is 26.2 Å². The van der Waals surface area contributed by atoms with E-state index in [-0.39, 0.29) is 5.91 Å². The molecule has 30 heavy (non-hydrogen) atoms. The number of rotatable bonds is 6. The predicted molar refractivity (Wildman–Crippen MR) is 115 cm³/mol. The molecule has 0 saturated carbocycles. The van der Waals surface area contributed by atoms with Gasteiger partial charge in [0.25, 0.3) is 5.91 Å². The van der Waals surface area contributed by atoms with Crippen LogP contribution >= 0.6 is 0 Å². The summed E-state index contributed by atoms with van der Waals surface area (Å²) in [7, 11) is 3.37. The number of carbonyl (C=O) groups is 1. The summed E-state index contributed by atoms with van der Waals surface area (Å²) < 4.78 is 12.6. The number of hydrogen-bond donors (Lipinski definition) is 0. The molecule has 0 N–H and O–H groups in total. The number of imidazole rings is 1. The second-order valence-corrected chi connectivity index (χ2v) is 7.52. The predicted octanol–water partition coefficient (Wildman–Crippen LogP) is 3.54. The third-order valence-electron chi connectivity index (χ3n) is 5.47. The van der Waals surface area contributed by atoms with E-state index in [0.717, 1.165) is 41.2 Å². The van der Waals surface area contributed by atoms with E-state index in [4.69, 9.17) is 9.47 Å². The van der Waals surface area contributed by atoms with Gasteiger partial charge in [0.15, 0.2) is 0 Å². The molecule has 1 aliphatic heterocycles. The molecule has 3 aromatic rings. The molecule has 0 radical (unpaired) electrons. The molecule has 4 rings (SSSR count). The first kappa shape index (κ1) is 20.3. The number of aromatic nitrogens is 2. The van der Waals surface area contributed by atoms with Gasteiger partial charge in [0, 0.05) is 51.4 Å². The summed E-state index contributed by atoms with van der Waals surface area (Å²) in [5, 5.41) is 0. The number of benzene rings is 2. The van der Waals surface area contributed by atoms with Crippen LogP contribution in [-0.4, -0.2) is 47.7 Å². The normalized spacial score (nSPS) is 13.7. The number of carbonyl (C=O) groups excluding carboxylic acids is 1. The maximum Gasteiger partial charge on any atom is 0.253 e. The Morgan fingerprint density at radius 3 is 2.50 bits per heavy atom. The van der Waals surface area contributed by atoms with Crippen molar-refractivity contribution in [2.24, 2.45) is 0 Å². The summed E-state index contributed by atoms with van der Waals surface area (Å²) in [6.45, 7) is 3.19. The zero-order chi connectivity index (χ0) is 20.9. The molecule has 0 fully saturated rings. The first-order valence-electron chi connectivity index (χ1n) is 10.2. The lowest BCUT2D eigenvalue weighted by Crippen LogP contribution is -2.33. The minimum atomic E-state index is 0.0633. The van der Waals surface area contributed by atoms with Gasteiger partial charge < -0.3 is 18.9 Å². The van der Waals surface area contributed by atoms with Crippen molar-refractivity contribution in [3.05, 3.63) is 77.2 Å². The molecule has 2 heterocycles. The maximum atomic E-state index is 13.0. The second-order valence-electron chi connectivity index (χ2n) is 7.52. The molecule has 0 saturated heterocycles. The molecule has 0 bridgehead atoms. The summed E-state index contributed by atoms with van der Waals surface area (Å²) in [4.78, 5) is 19.6. The highest BCUT2D eigenvalue weighted by Crippen LogP contribution is 2.24. The molecular weight excluding hydrogens is 378 g/mol. The van der Waals surface area contributed by atoms with Crippen LogP contribution in [0.5, 0.6) is 0 Å². The Hall–Kier alpha value is -2.96. The highest BCUT2D eigenvalue weighted by molar-refractivity contribution is 5.94. The largest absolute Gasteiger partial charge is 0.380 e. The molecule has 1 aromatic heterocycles. The van der Waals surface area contributed by atoms with E-state index >= 15 is 0 Å². The van der Waals surface area contributed by atoms with Crippen molar-refractivity contribution in [3.8, 4) is 11.3 Å². The number of fused-ring (bicyclic) bond motifs is 1. The van der Waals surface area contributed by atoms with E-state index in [1.807, 2.05) is 41.4 Å². The van der Waals surface area contributed by atoms with E-state index in [1.165, 1.54) is 0 Å². The average molecular weight is 405 g/mol. The first-order valence-corrected chi connectivity index (χ1v) is 10.2. The van der Waals surface area contributed by atoms with Crippen LogP contribution in [0.15, 0.2) is 54.7 Å². The van der Waals surface area contributed by atoms with Gasteiger partial charge in [0.05, 0.1) is 25.1 Å². The van der Waals surface area contributed by atoms with Crippen molar-refractivity contribution in [3.63, 3.8) is 0 Å². The van der Waals surface area contributed by atoms with Crippen LogP contribution < -0.4 is 0 Å². The van der Waals surface area contributed by atoms with Gasteiger partial charge in [-0.15, -0.1) is 0 Å². The van der Waals surface area contributed by atoms with Crippen LogP contribution in [-0.2, 0) is 35.7 Å². The van der Waals surface area contributed by atoms with Gasteiger partial charge in [0.2, 0.25) is 0 Å². The maximum absolute atomic E-state index is 13.0. The number of hydrogen-bond acceptors (Lipinski definition) is 4. The molecule has 156 valence electrons. The van der Waals surface area contributed by atoms with Crippen molar-refractivity contribution < 1.29 is 14.3 Å². The Kier molecular flexibility index (Phi) is 6.26. The molecule has 0 unspecified atom stereocenters. The zero-order valence-electron chi connectivity index (χ0n) is 17.5. The van der Waals surface area contributed by atoms with Gasteiger partial charge in [0.1, 0.15) is 5.82 Å². The third-order valence-corrected chi connectivity index (χ3v) is 5.47. The average Bonchev–Trinajstić information content (AvgIpc) is 3.06. The Morgan fingerprint density at radius 1 is 0.967 bits per heavy atom. The Morgan fingerprint density at radius 2 is 1.73 bits per heavy atom. The summed E-state index contributed by atoms with van der Waals surface area (Å²) in [6.07, 6.45) is 2.68. The van der Waals surface area contributed by atoms with Gasteiger partial charge in [-0.1, -0.05) is 30.3 Å². The van der Waals surface area contributed by atoms with Crippen LogP contribution in [0, 0.1) is 0 Å². The molecule has 2 aromatic carbocycles. The number of methoxy groups -OCH3 is 2. The van der Waals surface area contributed by atoms with E-state index in [0.29, 0.717) is 31.9 Å². The van der Waals surface area contributed by atoms with Crippen LogP contribution in [0.4, 0.5) is 0 Å².